The van der Waals surface area contributed by atoms with E-state index >= 15 is 0 Å². The lowest BCUT2D eigenvalue weighted by atomic mass is 10.2. The maximum atomic E-state index is 12.5. The lowest BCUT2D eigenvalue weighted by molar-refractivity contribution is -0.119. The van der Waals surface area contributed by atoms with Crippen LogP contribution in [-0.4, -0.2) is 63.2 Å². The summed E-state index contributed by atoms with van der Waals surface area (Å²) in [7, 11) is 0. The van der Waals surface area contributed by atoms with Crippen molar-refractivity contribution in [3.05, 3.63) is 54.5 Å². The van der Waals surface area contributed by atoms with Crippen molar-refractivity contribution in [2.75, 3.05) is 31.5 Å². The number of benzene rings is 1. The molecule has 0 bridgehead atoms. The highest BCUT2D eigenvalue weighted by atomic mass is 16.2. The normalized spacial score (nSPS) is 14.2. The second-order valence-corrected chi connectivity index (χ2v) is 6.23. The van der Waals surface area contributed by atoms with Crippen LogP contribution in [0, 0.1) is 0 Å². The summed E-state index contributed by atoms with van der Waals surface area (Å²) in [6.45, 7) is 2.12. The van der Waals surface area contributed by atoms with Gasteiger partial charge in [0.2, 0.25) is 12.4 Å². The van der Waals surface area contributed by atoms with Gasteiger partial charge in [0.25, 0.3) is 5.91 Å². The number of fused-ring (bicyclic) bond motifs is 1. The molecule has 2 amide bonds. The van der Waals surface area contributed by atoms with Crippen LogP contribution in [0.15, 0.2) is 48.9 Å². The first-order valence-electron chi connectivity index (χ1n) is 8.66. The zero-order valence-electron chi connectivity index (χ0n) is 14.6. The minimum Gasteiger partial charge on any atom is -0.342 e. The fraction of sp³-hybridized carbons (Fsp3) is 0.211. The second-order valence-electron chi connectivity index (χ2n) is 6.23. The van der Waals surface area contributed by atoms with Gasteiger partial charge in [0.1, 0.15) is 0 Å². The van der Waals surface area contributed by atoms with Crippen LogP contribution in [0.2, 0.25) is 0 Å². The minimum atomic E-state index is -0.126. The van der Waals surface area contributed by atoms with Gasteiger partial charge < -0.3 is 15.1 Å². The van der Waals surface area contributed by atoms with Crippen molar-refractivity contribution in [2.45, 2.75) is 0 Å². The van der Waals surface area contributed by atoms with Gasteiger partial charge in [-0.05, 0) is 12.1 Å². The molecule has 4 rings (SSSR count). The maximum Gasteiger partial charge on any atom is 0.257 e. The molecule has 0 spiro atoms. The van der Waals surface area contributed by atoms with E-state index in [-0.39, 0.29) is 5.91 Å². The third kappa shape index (κ3) is 3.55. The number of hydrogen-bond donors (Lipinski definition) is 1. The molecule has 0 unspecified atom stereocenters. The molecule has 1 aliphatic heterocycles. The molecule has 1 aromatic carbocycles. The van der Waals surface area contributed by atoms with Gasteiger partial charge in [-0.2, -0.15) is 0 Å². The number of nitrogens with one attached hydrogen (secondary N) is 1. The van der Waals surface area contributed by atoms with Crippen LogP contribution in [0.1, 0.15) is 10.4 Å². The van der Waals surface area contributed by atoms with E-state index in [4.69, 9.17) is 0 Å². The predicted octanol–water partition coefficient (Wildman–Crippen LogP) is 1.68. The van der Waals surface area contributed by atoms with E-state index in [1.807, 2.05) is 30.3 Å². The fourth-order valence-electron chi connectivity index (χ4n) is 3.04. The summed E-state index contributed by atoms with van der Waals surface area (Å²) < 4.78 is 0. The standard InChI is InChI=1S/C19H18N6O2/c26-13-24-7-9-25(10-8-24)18(27)15-11-21-19(22-12-15)23-16-5-1-3-14-4-2-6-20-17(14)16/h1-6,11-13H,7-10H2,(H,21,22,23). The predicted molar refractivity (Wildman–Crippen MR) is 101 cm³/mol. The SMILES string of the molecule is O=CN1CCN(C(=O)c2cnc(Nc3cccc4cccnc34)nc2)CC1. The quantitative estimate of drug-likeness (QED) is 0.710. The molecule has 136 valence electrons. The third-order valence-corrected chi connectivity index (χ3v) is 4.53. The van der Waals surface area contributed by atoms with Gasteiger partial charge >= 0.3 is 0 Å². The Hall–Kier alpha value is -3.55. The van der Waals surface area contributed by atoms with Crippen LogP contribution in [0.25, 0.3) is 10.9 Å². The summed E-state index contributed by atoms with van der Waals surface area (Å²) in [6.07, 6.45) is 5.58. The molecular weight excluding hydrogens is 344 g/mol. The largest absolute Gasteiger partial charge is 0.342 e. The highest BCUT2D eigenvalue weighted by Gasteiger charge is 2.21. The van der Waals surface area contributed by atoms with Crippen LogP contribution in [0.5, 0.6) is 0 Å². The van der Waals surface area contributed by atoms with Crippen molar-refractivity contribution in [1.29, 1.82) is 0 Å². The second kappa shape index (κ2) is 7.36. The molecule has 0 atom stereocenters. The number of hydrogen-bond acceptors (Lipinski definition) is 6. The first-order chi connectivity index (χ1) is 13.2. The Morgan fingerprint density at radius 2 is 1.74 bits per heavy atom. The number of carbonyl (C=O) groups is 2. The fourth-order valence-corrected chi connectivity index (χ4v) is 3.04. The summed E-state index contributed by atoms with van der Waals surface area (Å²) in [5.41, 5.74) is 2.06. The topological polar surface area (TPSA) is 91.3 Å². The molecule has 3 heterocycles. The van der Waals surface area contributed by atoms with E-state index in [2.05, 4.69) is 20.3 Å². The Morgan fingerprint density at radius 1 is 1.00 bits per heavy atom. The molecule has 3 aromatic rings. The molecule has 8 heteroatoms. The lowest BCUT2D eigenvalue weighted by Gasteiger charge is -2.32. The summed E-state index contributed by atoms with van der Waals surface area (Å²) >= 11 is 0. The Balaban J connectivity index is 1.47. The Bertz CT molecular complexity index is 962. The number of carbonyl (C=O) groups excluding carboxylic acids is 2. The number of nitrogens with zero attached hydrogens (tertiary/aromatic N) is 5. The van der Waals surface area contributed by atoms with Crippen molar-refractivity contribution in [3.63, 3.8) is 0 Å². The highest BCUT2D eigenvalue weighted by molar-refractivity contribution is 5.94. The summed E-state index contributed by atoms with van der Waals surface area (Å²) in [4.78, 5) is 39.6. The van der Waals surface area contributed by atoms with Crippen molar-refractivity contribution in [2.24, 2.45) is 0 Å². The number of piperazine rings is 1. The van der Waals surface area contributed by atoms with E-state index in [1.54, 1.807) is 16.0 Å². The van der Waals surface area contributed by atoms with Crippen molar-refractivity contribution >= 4 is 34.9 Å². The number of para-hydroxylation sites is 1. The Labute approximate surface area is 155 Å². The van der Waals surface area contributed by atoms with Gasteiger partial charge in [-0.25, -0.2) is 9.97 Å². The van der Waals surface area contributed by atoms with Crippen LogP contribution in [0.3, 0.4) is 0 Å². The third-order valence-electron chi connectivity index (χ3n) is 4.53. The van der Waals surface area contributed by atoms with E-state index < -0.39 is 0 Å². The highest BCUT2D eigenvalue weighted by Crippen LogP contribution is 2.22. The molecule has 2 aromatic heterocycles. The number of aromatic nitrogens is 3. The molecule has 1 fully saturated rings. The molecule has 0 saturated carbocycles. The first-order valence-corrected chi connectivity index (χ1v) is 8.66. The molecule has 1 aliphatic rings. The number of amides is 2. The molecule has 1 N–H and O–H groups in total. The van der Waals surface area contributed by atoms with Crippen molar-refractivity contribution in [1.82, 2.24) is 24.8 Å². The summed E-state index contributed by atoms with van der Waals surface area (Å²) in [6, 6.07) is 9.70. The average Bonchev–Trinajstić information content (AvgIpc) is 2.74. The minimum absolute atomic E-state index is 0.126. The average molecular weight is 362 g/mol. The lowest BCUT2D eigenvalue weighted by Crippen LogP contribution is -2.48. The van der Waals surface area contributed by atoms with Crippen LogP contribution in [0.4, 0.5) is 11.6 Å². The molecular formula is C19H18N6O2. The number of pyridine rings is 1. The van der Waals surface area contributed by atoms with Gasteiger partial charge in [-0.1, -0.05) is 18.2 Å². The molecule has 27 heavy (non-hydrogen) atoms. The smallest absolute Gasteiger partial charge is 0.257 e. The van der Waals surface area contributed by atoms with E-state index in [0.29, 0.717) is 37.7 Å². The number of anilines is 2. The Kier molecular flexibility index (Phi) is 4.61. The van der Waals surface area contributed by atoms with Gasteiger partial charge in [-0.3, -0.25) is 14.6 Å². The molecule has 1 saturated heterocycles. The zero-order chi connectivity index (χ0) is 18.6. The van der Waals surface area contributed by atoms with E-state index in [1.165, 1.54) is 12.4 Å². The summed E-state index contributed by atoms with van der Waals surface area (Å²) in [5, 5.41) is 4.17. The zero-order valence-corrected chi connectivity index (χ0v) is 14.6. The first kappa shape index (κ1) is 16.9. The number of rotatable bonds is 4. The van der Waals surface area contributed by atoms with Crippen LogP contribution < -0.4 is 5.32 Å². The van der Waals surface area contributed by atoms with Gasteiger partial charge in [0, 0.05) is 50.2 Å². The van der Waals surface area contributed by atoms with Gasteiger partial charge in [-0.15, -0.1) is 0 Å². The van der Waals surface area contributed by atoms with E-state index in [9.17, 15) is 9.59 Å². The molecule has 0 aliphatic carbocycles. The Morgan fingerprint density at radius 3 is 2.48 bits per heavy atom. The van der Waals surface area contributed by atoms with Crippen molar-refractivity contribution in [3.8, 4) is 0 Å². The maximum absolute atomic E-state index is 12.5. The molecule has 8 nitrogen and oxygen atoms in total. The van der Waals surface area contributed by atoms with Crippen molar-refractivity contribution < 1.29 is 9.59 Å². The molecule has 0 radical (unpaired) electrons. The summed E-state index contributed by atoms with van der Waals surface area (Å²) in [5.74, 6) is 0.273. The van der Waals surface area contributed by atoms with Gasteiger partial charge in [0.15, 0.2) is 0 Å². The van der Waals surface area contributed by atoms with Crippen LogP contribution >= 0.6 is 0 Å². The van der Waals surface area contributed by atoms with Crippen LogP contribution in [-0.2, 0) is 4.79 Å². The van der Waals surface area contributed by atoms with Gasteiger partial charge in [0.05, 0.1) is 16.8 Å². The monoisotopic (exact) mass is 362 g/mol. The van der Waals surface area contributed by atoms with E-state index in [0.717, 1.165) is 23.0 Å².